The summed E-state index contributed by atoms with van der Waals surface area (Å²) < 4.78 is 39.4. The van der Waals surface area contributed by atoms with Crippen molar-refractivity contribution in [3.8, 4) is 0 Å². The molecule has 1 aromatic heterocycles. The van der Waals surface area contributed by atoms with E-state index in [1.54, 1.807) is 0 Å². The third-order valence-corrected chi connectivity index (χ3v) is 2.49. The molecule has 1 atom stereocenters. The van der Waals surface area contributed by atoms with Crippen LogP contribution >= 0.6 is 11.3 Å². The Morgan fingerprint density at radius 1 is 1.47 bits per heavy atom. The van der Waals surface area contributed by atoms with Gasteiger partial charge in [-0.25, -0.2) is 0 Å². The van der Waals surface area contributed by atoms with Gasteiger partial charge in [0.2, 0.25) is 0 Å². The fraction of sp³-hybridized carbons (Fsp3) is 0.556. The normalized spacial score (nSPS) is 14.1. The van der Waals surface area contributed by atoms with Gasteiger partial charge in [-0.1, -0.05) is 6.07 Å². The van der Waals surface area contributed by atoms with Crippen LogP contribution in [0.5, 0.6) is 0 Å². The summed E-state index contributed by atoms with van der Waals surface area (Å²) in [5.74, 6) is 0. The Bertz CT molecular complexity index is 271. The smallest absolute Gasteiger partial charge is 0.390 e. The van der Waals surface area contributed by atoms with Gasteiger partial charge < -0.3 is 9.84 Å². The molecule has 1 unspecified atom stereocenters. The van der Waals surface area contributed by atoms with E-state index in [0.717, 1.165) is 4.88 Å². The Labute approximate surface area is 89.3 Å². The van der Waals surface area contributed by atoms with Crippen molar-refractivity contribution in [2.45, 2.75) is 18.7 Å². The molecule has 15 heavy (non-hydrogen) atoms. The minimum Gasteiger partial charge on any atom is -0.390 e. The molecular weight excluding hydrogens is 229 g/mol. The summed E-state index contributed by atoms with van der Waals surface area (Å²) in [5, 5.41) is 11.2. The number of aliphatic hydroxyl groups excluding tert-OH is 1. The largest absolute Gasteiger partial charge is 0.411 e. The van der Waals surface area contributed by atoms with Crippen LogP contribution in [0.2, 0.25) is 0 Å². The maximum Gasteiger partial charge on any atom is 0.411 e. The standard InChI is InChI=1S/C9H11F3O2S/c10-9(11,12)6-14-5-7(13)4-8-2-1-3-15-8/h1-3,7,13H,4-6H2. The average molecular weight is 240 g/mol. The van der Waals surface area contributed by atoms with Crippen LogP contribution in [0.4, 0.5) is 13.2 Å². The monoisotopic (exact) mass is 240 g/mol. The Balaban J connectivity index is 2.17. The Kier molecular flexibility index (Phi) is 4.56. The highest BCUT2D eigenvalue weighted by Crippen LogP contribution is 2.15. The maximum absolute atomic E-state index is 11.7. The Morgan fingerprint density at radius 2 is 2.20 bits per heavy atom. The van der Waals surface area contributed by atoms with Gasteiger partial charge in [0.1, 0.15) is 6.61 Å². The predicted octanol–water partition coefficient (Wildman–Crippen LogP) is 2.23. The summed E-state index contributed by atoms with van der Waals surface area (Å²) >= 11 is 1.45. The summed E-state index contributed by atoms with van der Waals surface area (Å²) in [6.45, 7) is -1.61. The molecule has 6 heteroatoms. The van der Waals surface area contributed by atoms with Gasteiger partial charge in [0.25, 0.3) is 0 Å². The Hall–Kier alpha value is -0.590. The molecule has 0 fully saturated rings. The molecule has 0 aliphatic carbocycles. The molecule has 0 saturated carbocycles. The van der Waals surface area contributed by atoms with E-state index in [2.05, 4.69) is 4.74 Å². The summed E-state index contributed by atoms with van der Waals surface area (Å²) in [6.07, 6.45) is -4.89. The lowest BCUT2D eigenvalue weighted by molar-refractivity contribution is -0.178. The van der Waals surface area contributed by atoms with Crippen molar-refractivity contribution in [1.29, 1.82) is 0 Å². The van der Waals surface area contributed by atoms with Crippen molar-refractivity contribution in [3.05, 3.63) is 22.4 Å². The number of thiophene rings is 1. The molecular formula is C9H11F3O2S. The topological polar surface area (TPSA) is 29.5 Å². The van der Waals surface area contributed by atoms with E-state index in [9.17, 15) is 18.3 Å². The molecule has 1 heterocycles. The number of hydrogen-bond acceptors (Lipinski definition) is 3. The first-order valence-electron chi connectivity index (χ1n) is 4.32. The van der Waals surface area contributed by atoms with E-state index in [-0.39, 0.29) is 6.61 Å². The number of alkyl halides is 3. The lowest BCUT2D eigenvalue weighted by Gasteiger charge is -2.11. The van der Waals surface area contributed by atoms with Crippen LogP contribution in [0, 0.1) is 0 Å². The highest BCUT2D eigenvalue weighted by atomic mass is 32.1. The van der Waals surface area contributed by atoms with Crippen LogP contribution in [-0.2, 0) is 11.2 Å². The minimum absolute atomic E-state index is 0.294. The molecule has 1 N–H and O–H groups in total. The van der Waals surface area contributed by atoms with Gasteiger partial charge in [-0.2, -0.15) is 13.2 Å². The lowest BCUT2D eigenvalue weighted by atomic mass is 10.2. The Morgan fingerprint density at radius 3 is 2.73 bits per heavy atom. The van der Waals surface area contributed by atoms with Crippen LogP contribution in [-0.4, -0.2) is 30.6 Å². The number of aliphatic hydroxyl groups is 1. The number of halogens is 3. The SMILES string of the molecule is OC(COCC(F)(F)F)Cc1cccs1. The molecule has 0 saturated heterocycles. The van der Waals surface area contributed by atoms with Gasteiger partial charge in [-0.3, -0.25) is 0 Å². The molecule has 0 aromatic carbocycles. The summed E-state index contributed by atoms with van der Waals surface area (Å²) in [4.78, 5) is 0.929. The second-order valence-corrected chi connectivity index (χ2v) is 4.10. The van der Waals surface area contributed by atoms with Crippen molar-refractivity contribution in [2.24, 2.45) is 0 Å². The third kappa shape index (κ3) is 5.76. The van der Waals surface area contributed by atoms with Crippen molar-refractivity contribution >= 4 is 11.3 Å². The van der Waals surface area contributed by atoms with E-state index in [1.807, 2.05) is 17.5 Å². The van der Waals surface area contributed by atoms with Crippen LogP contribution < -0.4 is 0 Å². The number of rotatable bonds is 5. The van der Waals surface area contributed by atoms with Gasteiger partial charge in [0.15, 0.2) is 0 Å². The second kappa shape index (κ2) is 5.48. The average Bonchev–Trinajstić information content (AvgIpc) is 2.54. The molecule has 0 bridgehead atoms. The first kappa shape index (κ1) is 12.5. The van der Waals surface area contributed by atoms with Gasteiger partial charge in [-0.15, -0.1) is 11.3 Å². The zero-order valence-electron chi connectivity index (χ0n) is 7.83. The molecule has 0 amide bonds. The molecule has 1 rings (SSSR count). The van der Waals surface area contributed by atoms with Crippen molar-refractivity contribution < 1.29 is 23.0 Å². The first-order valence-corrected chi connectivity index (χ1v) is 5.20. The molecule has 1 aromatic rings. The van der Waals surface area contributed by atoms with E-state index in [1.165, 1.54) is 11.3 Å². The minimum atomic E-state index is -4.33. The molecule has 0 spiro atoms. The fourth-order valence-corrected chi connectivity index (χ4v) is 1.81. The number of ether oxygens (including phenoxy) is 1. The first-order chi connectivity index (χ1) is 6.97. The van der Waals surface area contributed by atoms with Crippen molar-refractivity contribution in [1.82, 2.24) is 0 Å². The molecule has 0 aliphatic rings. The van der Waals surface area contributed by atoms with Gasteiger partial charge in [0, 0.05) is 11.3 Å². The van der Waals surface area contributed by atoms with E-state index in [4.69, 9.17) is 0 Å². The van der Waals surface area contributed by atoms with E-state index < -0.39 is 18.9 Å². The van der Waals surface area contributed by atoms with Gasteiger partial charge >= 0.3 is 6.18 Å². The summed E-state index contributed by atoms with van der Waals surface area (Å²) in [7, 11) is 0. The predicted molar refractivity (Wildman–Crippen MR) is 50.9 cm³/mol. The molecule has 0 aliphatic heterocycles. The molecule has 2 nitrogen and oxygen atoms in total. The molecule has 0 radical (unpaired) electrons. The quantitative estimate of drug-likeness (QED) is 0.855. The number of hydrogen-bond donors (Lipinski definition) is 1. The van der Waals surface area contributed by atoms with E-state index in [0.29, 0.717) is 6.42 Å². The zero-order chi connectivity index (χ0) is 11.3. The zero-order valence-corrected chi connectivity index (χ0v) is 8.64. The van der Waals surface area contributed by atoms with Gasteiger partial charge in [-0.05, 0) is 11.4 Å². The highest BCUT2D eigenvalue weighted by molar-refractivity contribution is 7.09. The van der Waals surface area contributed by atoms with Crippen LogP contribution in [0.3, 0.4) is 0 Å². The van der Waals surface area contributed by atoms with Crippen LogP contribution in [0.25, 0.3) is 0 Å². The van der Waals surface area contributed by atoms with Crippen LogP contribution in [0.15, 0.2) is 17.5 Å². The fourth-order valence-electron chi connectivity index (χ4n) is 1.03. The highest BCUT2D eigenvalue weighted by Gasteiger charge is 2.27. The lowest BCUT2D eigenvalue weighted by Crippen LogP contribution is -2.23. The second-order valence-electron chi connectivity index (χ2n) is 3.07. The summed E-state index contributed by atoms with van der Waals surface area (Å²) in [5.41, 5.74) is 0. The van der Waals surface area contributed by atoms with Crippen LogP contribution in [0.1, 0.15) is 4.88 Å². The third-order valence-electron chi connectivity index (χ3n) is 1.59. The van der Waals surface area contributed by atoms with E-state index >= 15 is 0 Å². The van der Waals surface area contributed by atoms with Crippen molar-refractivity contribution in [3.63, 3.8) is 0 Å². The van der Waals surface area contributed by atoms with Crippen molar-refractivity contribution in [2.75, 3.05) is 13.2 Å². The summed E-state index contributed by atoms with van der Waals surface area (Å²) in [6, 6.07) is 3.64. The molecule has 86 valence electrons. The van der Waals surface area contributed by atoms with Gasteiger partial charge in [0.05, 0.1) is 12.7 Å². The maximum atomic E-state index is 11.7.